The van der Waals surface area contributed by atoms with Crippen LogP contribution in [0.2, 0.25) is 0 Å². The van der Waals surface area contributed by atoms with Crippen molar-refractivity contribution in [3.63, 3.8) is 0 Å². The number of hydrogen-bond donors (Lipinski definition) is 1. The molecule has 3 aromatic carbocycles. The zero-order valence-corrected chi connectivity index (χ0v) is 19.6. The van der Waals surface area contributed by atoms with Gasteiger partial charge in [-0.05, 0) is 73.0 Å². The van der Waals surface area contributed by atoms with Crippen LogP contribution >= 0.6 is 0 Å². The molecule has 2 fully saturated rings. The Morgan fingerprint density at radius 3 is 2.19 bits per heavy atom. The molecule has 0 bridgehead atoms. The lowest BCUT2D eigenvalue weighted by atomic mass is 9.75. The monoisotopic (exact) mass is 486 g/mol. The molecule has 2 N–H and O–H groups in total. The second kappa shape index (κ2) is 7.98. The van der Waals surface area contributed by atoms with E-state index in [1.807, 2.05) is 25.1 Å². The smallest absolute Gasteiger partial charge is 0.230 e. The summed E-state index contributed by atoms with van der Waals surface area (Å²) in [5.41, 5.74) is 8.03. The standard InChI is InChI=1S/C28H24F2N4O2/c1-16-24(28(12-13-28)27(31)36)25(17-2-4-19(29)5-3-17)33(26(16)35)22-10-11-23-18(14-22)15-32-34(23)21-8-6-20(30)7-9-21/h2-11,14-16,24-25H,12-13H2,1H3,(H2,31,36). The summed E-state index contributed by atoms with van der Waals surface area (Å²) in [5.74, 6) is -1.96. The Bertz CT molecular complexity index is 1490. The van der Waals surface area contributed by atoms with Crippen LogP contribution < -0.4 is 10.6 Å². The molecule has 36 heavy (non-hydrogen) atoms. The van der Waals surface area contributed by atoms with Crippen LogP contribution in [0.15, 0.2) is 72.9 Å². The molecule has 4 aromatic rings. The lowest BCUT2D eigenvalue weighted by Gasteiger charge is -2.32. The predicted molar refractivity (Wildman–Crippen MR) is 131 cm³/mol. The van der Waals surface area contributed by atoms with Gasteiger partial charge in [0.2, 0.25) is 11.8 Å². The van der Waals surface area contributed by atoms with E-state index in [0.29, 0.717) is 24.2 Å². The Kier molecular flexibility index (Phi) is 4.96. The zero-order valence-electron chi connectivity index (χ0n) is 19.6. The van der Waals surface area contributed by atoms with Gasteiger partial charge in [0.25, 0.3) is 0 Å². The van der Waals surface area contributed by atoms with Crippen molar-refractivity contribution in [3.05, 3.63) is 90.1 Å². The molecule has 3 atom stereocenters. The first kappa shape index (κ1) is 22.4. The number of benzene rings is 3. The number of nitrogens with two attached hydrogens (primary N) is 1. The van der Waals surface area contributed by atoms with E-state index in [4.69, 9.17) is 5.73 Å². The molecule has 182 valence electrons. The molecule has 8 heteroatoms. The molecule has 3 unspecified atom stereocenters. The van der Waals surface area contributed by atoms with Gasteiger partial charge in [0.15, 0.2) is 0 Å². The van der Waals surface area contributed by atoms with Crippen molar-refractivity contribution < 1.29 is 18.4 Å². The first-order valence-corrected chi connectivity index (χ1v) is 11.9. The Morgan fingerprint density at radius 1 is 0.972 bits per heavy atom. The van der Waals surface area contributed by atoms with Gasteiger partial charge in [-0.15, -0.1) is 0 Å². The number of fused-ring (bicyclic) bond motifs is 1. The summed E-state index contributed by atoms with van der Waals surface area (Å²) in [6.07, 6.45) is 2.97. The molecule has 2 aliphatic rings. The van der Waals surface area contributed by atoms with Gasteiger partial charge in [0.05, 0.1) is 28.9 Å². The number of hydrogen-bond acceptors (Lipinski definition) is 3. The van der Waals surface area contributed by atoms with Crippen molar-refractivity contribution >= 4 is 28.4 Å². The number of rotatable bonds is 5. The molecule has 1 aromatic heterocycles. The normalized spacial score (nSPS) is 22.8. The van der Waals surface area contributed by atoms with Crippen LogP contribution in [0, 0.1) is 28.9 Å². The number of aromatic nitrogens is 2. The van der Waals surface area contributed by atoms with Crippen LogP contribution in [0.4, 0.5) is 14.5 Å². The minimum atomic E-state index is -0.750. The largest absolute Gasteiger partial charge is 0.369 e. The maximum Gasteiger partial charge on any atom is 0.230 e. The van der Waals surface area contributed by atoms with Gasteiger partial charge in [-0.25, -0.2) is 13.5 Å². The van der Waals surface area contributed by atoms with E-state index >= 15 is 0 Å². The number of nitrogens with zero attached hydrogens (tertiary/aromatic N) is 3. The van der Waals surface area contributed by atoms with Crippen molar-refractivity contribution in [1.82, 2.24) is 9.78 Å². The van der Waals surface area contributed by atoms with Crippen LogP contribution in [0.3, 0.4) is 0 Å². The number of carbonyl (C=O) groups is 2. The lowest BCUT2D eigenvalue weighted by molar-refractivity contribution is -0.126. The van der Waals surface area contributed by atoms with E-state index < -0.39 is 23.3 Å². The lowest BCUT2D eigenvalue weighted by Crippen LogP contribution is -2.37. The van der Waals surface area contributed by atoms with Crippen molar-refractivity contribution in [1.29, 1.82) is 0 Å². The van der Waals surface area contributed by atoms with Gasteiger partial charge in [-0.3, -0.25) is 9.59 Å². The molecule has 1 saturated carbocycles. The number of anilines is 1. The number of primary amides is 1. The quantitative estimate of drug-likeness (QED) is 0.435. The molecule has 6 nitrogen and oxygen atoms in total. The van der Waals surface area contributed by atoms with Crippen LogP contribution in [0.25, 0.3) is 16.6 Å². The molecule has 2 heterocycles. The second-order valence-corrected chi connectivity index (χ2v) is 9.82. The fourth-order valence-corrected chi connectivity index (χ4v) is 5.87. The maximum absolute atomic E-state index is 13.8. The second-order valence-electron chi connectivity index (χ2n) is 9.82. The van der Waals surface area contributed by atoms with Crippen LogP contribution in [0.1, 0.15) is 31.4 Å². The minimum Gasteiger partial charge on any atom is -0.369 e. The highest BCUT2D eigenvalue weighted by Gasteiger charge is 2.64. The summed E-state index contributed by atoms with van der Waals surface area (Å²) in [4.78, 5) is 28.0. The Morgan fingerprint density at radius 2 is 1.58 bits per heavy atom. The molecule has 0 spiro atoms. The SMILES string of the molecule is CC1C(=O)N(c2ccc3c(cnn3-c3ccc(F)cc3)c2)C(c2ccc(F)cc2)C1C1(C(N)=O)CC1. The van der Waals surface area contributed by atoms with Gasteiger partial charge < -0.3 is 10.6 Å². The van der Waals surface area contributed by atoms with E-state index in [1.54, 1.807) is 40.0 Å². The van der Waals surface area contributed by atoms with E-state index in [0.717, 1.165) is 16.5 Å². The minimum absolute atomic E-state index is 0.105. The average Bonchev–Trinajstić information content (AvgIpc) is 3.50. The molecular weight excluding hydrogens is 462 g/mol. The molecule has 1 saturated heterocycles. The third kappa shape index (κ3) is 3.31. The number of carbonyl (C=O) groups excluding carboxylic acids is 2. The topological polar surface area (TPSA) is 81.2 Å². The van der Waals surface area contributed by atoms with Gasteiger partial charge in [-0.1, -0.05) is 19.1 Å². The fourth-order valence-electron chi connectivity index (χ4n) is 5.87. The van der Waals surface area contributed by atoms with E-state index in [-0.39, 0.29) is 23.5 Å². The third-order valence-corrected chi connectivity index (χ3v) is 7.81. The molecule has 1 aliphatic heterocycles. The van der Waals surface area contributed by atoms with Gasteiger partial charge in [-0.2, -0.15) is 5.10 Å². The summed E-state index contributed by atoms with van der Waals surface area (Å²) < 4.78 is 28.9. The average molecular weight is 487 g/mol. The Balaban J connectivity index is 1.46. The number of amides is 2. The summed E-state index contributed by atoms with van der Waals surface area (Å²) in [6.45, 7) is 1.84. The van der Waals surface area contributed by atoms with Crippen LogP contribution in [-0.4, -0.2) is 21.6 Å². The van der Waals surface area contributed by atoms with Gasteiger partial charge >= 0.3 is 0 Å². The fraction of sp³-hybridized carbons (Fsp3) is 0.250. The molecule has 0 radical (unpaired) electrons. The van der Waals surface area contributed by atoms with E-state index in [2.05, 4.69) is 5.10 Å². The Labute approximate surface area is 206 Å². The predicted octanol–water partition coefficient (Wildman–Crippen LogP) is 4.91. The van der Waals surface area contributed by atoms with Crippen molar-refractivity contribution in [2.24, 2.45) is 23.0 Å². The van der Waals surface area contributed by atoms with E-state index in [1.165, 1.54) is 24.3 Å². The van der Waals surface area contributed by atoms with Gasteiger partial charge in [0.1, 0.15) is 11.6 Å². The molecule has 6 rings (SSSR count). The molecular formula is C28H24F2N4O2. The van der Waals surface area contributed by atoms with Crippen LogP contribution in [0.5, 0.6) is 0 Å². The molecule has 2 amide bonds. The van der Waals surface area contributed by atoms with Crippen molar-refractivity contribution in [2.45, 2.75) is 25.8 Å². The zero-order chi connectivity index (χ0) is 25.2. The first-order chi connectivity index (χ1) is 17.3. The van der Waals surface area contributed by atoms with Crippen molar-refractivity contribution in [3.8, 4) is 5.69 Å². The Hall–Kier alpha value is -4.07. The van der Waals surface area contributed by atoms with Crippen molar-refractivity contribution in [2.75, 3.05) is 4.90 Å². The van der Waals surface area contributed by atoms with E-state index in [9.17, 15) is 18.4 Å². The number of halogens is 2. The highest BCUT2D eigenvalue weighted by atomic mass is 19.1. The molecule has 1 aliphatic carbocycles. The first-order valence-electron chi connectivity index (χ1n) is 11.9. The van der Waals surface area contributed by atoms with Crippen LogP contribution in [-0.2, 0) is 9.59 Å². The summed E-state index contributed by atoms with van der Waals surface area (Å²) in [6, 6.07) is 17.3. The third-order valence-electron chi connectivity index (χ3n) is 7.81. The highest BCUT2D eigenvalue weighted by molar-refractivity contribution is 6.01. The summed E-state index contributed by atoms with van der Waals surface area (Å²) in [5, 5.41) is 5.26. The maximum atomic E-state index is 13.8. The summed E-state index contributed by atoms with van der Waals surface area (Å²) in [7, 11) is 0. The van der Waals surface area contributed by atoms with Gasteiger partial charge in [0, 0.05) is 22.9 Å². The summed E-state index contributed by atoms with van der Waals surface area (Å²) >= 11 is 0. The highest BCUT2D eigenvalue weighted by Crippen LogP contribution is 2.62.